The molecule has 0 N–H and O–H groups in total. The molecule has 2 aromatic carbocycles. The van der Waals surface area contributed by atoms with Crippen LogP contribution >= 0.6 is 15.9 Å². The van der Waals surface area contributed by atoms with E-state index in [1.54, 1.807) is 13.0 Å². The van der Waals surface area contributed by atoms with Crippen LogP contribution in [0.3, 0.4) is 0 Å². The van der Waals surface area contributed by atoms with Gasteiger partial charge in [0.15, 0.2) is 11.5 Å². The molecule has 7 nitrogen and oxygen atoms in total. The van der Waals surface area contributed by atoms with Crippen LogP contribution in [0.1, 0.15) is 35.2 Å². The quantitative estimate of drug-likeness (QED) is 0.514. The predicted molar refractivity (Wildman–Crippen MR) is 98.0 cm³/mol. The van der Waals surface area contributed by atoms with Crippen molar-refractivity contribution in [2.24, 2.45) is 10.2 Å². The maximum Gasteiger partial charge on any atom is 0.273 e. The number of benzene rings is 2. The van der Waals surface area contributed by atoms with E-state index >= 15 is 0 Å². The van der Waals surface area contributed by atoms with Crippen LogP contribution < -0.4 is 9.47 Å². The molecule has 2 aliphatic heterocycles. The van der Waals surface area contributed by atoms with Crippen molar-refractivity contribution in [2.75, 3.05) is 6.79 Å². The van der Waals surface area contributed by atoms with Gasteiger partial charge < -0.3 is 9.47 Å². The molecule has 0 aliphatic carbocycles. The molecule has 2 atom stereocenters. The van der Waals surface area contributed by atoms with Crippen LogP contribution in [0.25, 0.3) is 0 Å². The lowest BCUT2D eigenvalue weighted by molar-refractivity contribution is -0.385. The minimum absolute atomic E-state index is 0.0389. The summed E-state index contributed by atoms with van der Waals surface area (Å²) in [6.45, 7) is 3.94. The molecular formula is C18H16BrN3O4. The van der Waals surface area contributed by atoms with Crippen LogP contribution in [-0.4, -0.2) is 17.8 Å². The Balaban J connectivity index is 1.89. The molecule has 0 saturated carbocycles. The van der Waals surface area contributed by atoms with E-state index in [1.165, 1.54) is 6.07 Å². The molecule has 26 heavy (non-hydrogen) atoms. The fourth-order valence-electron chi connectivity index (χ4n) is 3.37. The fourth-order valence-corrected chi connectivity index (χ4v) is 3.92. The van der Waals surface area contributed by atoms with E-state index in [-0.39, 0.29) is 29.5 Å². The first kappa shape index (κ1) is 17.0. The van der Waals surface area contributed by atoms with Crippen LogP contribution in [0.2, 0.25) is 0 Å². The van der Waals surface area contributed by atoms with Gasteiger partial charge >= 0.3 is 0 Å². The van der Waals surface area contributed by atoms with Crippen LogP contribution in [0.4, 0.5) is 5.69 Å². The average Bonchev–Trinajstić information content (AvgIpc) is 2.98. The van der Waals surface area contributed by atoms with Crippen molar-refractivity contribution in [3.63, 3.8) is 0 Å². The highest BCUT2D eigenvalue weighted by molar-refractivity contribution is 9.10. The molecule has 0 saturated heterocycles. The van der Waals surface area contributed by atoms with E-state index < -0.39 is 0 Å². The first-order chi connectivity index (χ1) is 12.5. The first-order valence-electron chi connectivity index (χ1n) is 8.21. The number of azo groups is 1. The second kappa shape index (κ2) is 6.35. The van der Waals surface area contributed by atoms with Gasteiger partial charge in [-0.25, -0.2) is 0 Å². The van der Waals surface area contributed by atoms with Gasteiger partial charge in [-0.15, -0.1) is 0 Å². The Morgan fingerprint density at radius 2 is 1.92 bits per heavy atom. The van der Waals surface area contributed by atoms with Gasteiger partial charge in [0, 0.05) is 16.1 Å². The molecule has 2 heterocycles. The highest BCUT2D eigenvalue weighted by Gasteiger charge is 2.29. The van der Waals surface area contributed by atoms with E-state index in [1.807, 2.05) is 19.1 Å². The van der Waals surface area contributed by atoms with Gasteiger partial charge in [-0.2, -0.15) is 10.2 Å². The summed E-state index contributed by atoms with van der Waals surface area (Å²) in [7, 11) is 0. The number of nitro groups is 1. The van der Waals surface area contributed by atoms with Crippen LogP contribution in [0.5, 0.6) is 11.5 Å². The van der Waals surface area contributed by atoms with Gasteiger partial charge in [-0.1, -0.05) is 0 Å². The molecule has 8 heteroatoms. The molecule has 0 fully saturated rings. The Morgan fingerprint density at radius 3 is 2.65 bits per heavy atom. The van der Waals surface area contributed by atoms with Crippen molar-refractivity contribution >= 4 is 21.6 Å². The third kappa shape index (κ3) is 2.74. The van der Waals surface area contributed by atoms with Crippen molar-refractivity contribution in [1.29, 1.82) is 0 Å². The van der Waals surface area contributed by atoms with Crippen molar-refractivity contribution in [3.05, 3.63) is 61.1 Å². The molecule has 4 rings (SSSR count). The van der Waals surface area contributed by atoms with Crippen LogP contribution in [0.15, 0.2) is 39.0 Å². The second-order valence-corrected chi connectivity index (χ2v) is 7.25. The molecule has 0 aromatic heterocycles. The van der Waals surface area contributed by atoms with E-state index in [0.717, 1.165) is 28.9 Å². The van der Waals surface area contributed by atoms with Crippen molar-refractivity contribution < 1.29 is 14.4 Å². The average molecular weight is 418 g/mol. The van der Waals surface area contributed by atoms with Gasteiger partial charge in [0.25, 0.3) is 5.69 Å². The molecule has 0 amide bonds. The number of halogens is 1. The van der Waals surface area contributed by atoms with Gasteiger partial charge in [-0.05, 0) is 71.1 Å². The summed E-state index contributed by atoms with van der Waals surface area (Å²) >= 11 is 3.53. The fraction of sp³-hybridized carbons (Fsp3) is 0.333. The predicted octanol–water partition coefficient (Wildman–Crippen LogP) is 4.88. The maximum absolute atomic E-state index is 11.2. The monoisotopic (exact) mass is 417 g/mol. The summed E-state index contributed by atoms with van der Waals surface area (Å²) in [4.78, 5) is 10.8. The Morgan fingerprint density at radius 1 is 1.19 bits per heavy atom. The van der Waals surface area contributed by atoms with E-state index in [2.05, 4.69) is 26.2 Å². The zero-order chi connectivity index (χ0) is 18.4. The SMILES string of the molecule is Cc1c([N+](=O)[O-])ccc(C2N=N[C@H](C)Cc3cc4c(cc32)OCO4)c1Br. The summed E-state index contributed by atoms with van der Waals surface area (Å²) in [6.07, 6.45) is 0.746. The maximum atomic E-state index is 11.2. The number of fused-ring (bicyclic) bond motifs is 2. The lowest BCUT2D eigenvalue weighted by Gasteiger charge is -2.17. The minimum Gasteiger partial charge on any atom is -0.454 e. The van der Waals surface area contributed by atoms with Crippen molar-refractivity contribution in [1.82, 2.24) is 0 Å². The summed E-state index contributed by atoms with van der Waals surface area (Å²) in [6, 6.07) is 6.87. The lowest BCUT2D eigenvalue weighted by Crippen LogP contribution is -2.05. The van der Waals surface area contributed by atoms with E-state index in [0.29, 0.717) is 15.8 Å². The number of nitro benzene ring substituents is 1. The minimum atomic E-state index is -0.382. The number of hydrogen-bond acceptors (Lipinski definition) is 6. The standard InChI is InChI=1S/C18H16BrN3O4/c1-9-5-11-6-15-16(26-8-25-15)7-13(11)18(21-20-9)12-3-4-14(22(23)24)10(2)17(12)19/h3-4,6-7,9,18H,5,8H2,1-2H3/t9-,18?/m1/s1. The van der Waals surface area contributed by atoms with Crippen LogP contribution in [-0.2, 0) is 6.42 Å². The zero-order valence-electron chi connectivity index (χ0n) is 14.2. The Labute approximate surface area is 158 Å². The summed E-state index contributed by atoms with van der Waals surface area (Å²) in [5, 5.41) is 20.2. The molecule has 0 spiro atoms. The Kier molecular flexibility index (Phi) is 4.14. The highest BCUT2D eigenvalue weighted by atomic mass is 79.9. The normalized spacial score (nSPS) is 20.6. The summed E-state index contributed by atoms with van der Waals surface area (Å²) in [5.74, 6) is 1.42. The van der Waals surface area contributed by atoms with Gasteiger partial charge in [0.2, 0.25) is 6.79 Å². The van der Waals surface area contributed by atoms with Crippen molar-refractivity contribution in [3.8, 4) is 11.5 Å². The Bertz CT molecular complexity index is 945. The number of rotatable bonds is 2. The molecule has 0 radical (unpaired) electrons. The molecule has 1 unspecified atom stereocenters. The summed E-state index contributed by atoms with van der Waals surface area (Å²) in [5.41, 5.74) is 3.56. The van der Waals surface area contributed by atoms with Crippen LogP contribution in [0, 0.1) is 17.0 Å². The van der Waals surface area contributed by atoms with Crippen molar-refractivity contribution in [2.45, 2.75) is 32.4 Å². The molecule has 2 aliphatic rings. The lowest BCUT2D eigenvalue weighted by atomic mass is 9.91. The Hall–Kier alpha value is -2.48. The summed E-state index contributed by atoms with van der Waals surface area (Å²) < 4.78 is 11.7. The van der Waals surface area contributed by atoms with Gasteiger partial charge in [-0.3, -0.25) is 10.1 Å². The van der Waals surface area contributed by atoms with E-state index in [9.17, 15) is 10.1 Å². The number of hydrogen-bond donors (Lipinski definition) is 0. The number of ether oxygens (including phenoxy) is 2. The number of nitrogens with zero attached hydrogens (tertiary/aromatic N) is 3. The van der Waals surface area contributed by atoms with E-state index in [4.69, 9.17) is 9.47 Å². The molecule has 2 aromatic rings. The topological polar surface area (TPSA) is 86.3 Å². The second-order valence-electron chi connectivity index (χ2n) is 6.46. The highest BCUT2D eigenvalue weighted by Crippen LogP contribution is 2.44. The molecule has 0 bridgehead atoms. The first-order valence-corrected chi connectivity index (χ1v) is 9.00. The van der Waals surface area contributed by atoms with Gasteiger partial charge in [0.1, 0.15) is 6.04 Å². The zero-order valence-corrected chi connectivity index (χ0v) is 15.8. The third-order valence-corrected chi connectivity index (χ3v) is 5.76. The van der Waals surface area contributed by atoms with Gasteiger partial charge in [0.05, 0.1) is 11.0 Å². The smallest absolute Gasteiger partial charge is 0.273 e. The third-order valence-electron chi connectivity index (χ3n) is 4.70. The largest absolute Gasteiger partial charge is 0.454 e. The molecular weight excluding hydrogens is 402 g/mol. The molecule has 134 valence electrons.